The van der Waals surface area contributed by atoms with Crippen LogP contribution in [0, 0.1) is 0 Å². The summed E-state index contributed by atoms with van der Waals surface area (Å²) in [5.74, 6) is 1.70. The first-order valence-corrected chi connectivity index (χ1v) is 19.3. The fraction of sp³-hybridized carbons (Fsp3) is 0.160. The number of nitrogens with zero attached hydrogens (tertiary/aromatic N) is 5. The minimum absolute atomic E-state index is 0.0446. The number of para-hydroxylation sites is 4. The van der Waals surface area contributed by atoms with E-state index in [0.717, 1.165) is 35.0 Å². The molecule has 2 aliphatic heterocycles. The molecule has 0 N–H and O–H groups in total. The lowest BCUT2D eigenvalue weighted by atomic mass is 9.73. The van der Waals surface area contributed by atoms with Crippen LogP contribution in [0.3, 0.4) is 0 Å². The van der Waals surface area contributed by atoms with Gasteiger partial charge in [-0.1, -0.05) is 143 Å². The molecule has 10 rings (SSSR count). The van der Waals surface area contributed by atoms with Crippen LogP contribution in [0.15, 0.2) is 176 Å². The normalized spacial score (nSPS) is 17.5. The Morgan fingerprint density at radius 3 is 1.45 bits per heavy atom. The molecule has 1 aromatic heterocycles. The predicted molar refractivity (Wildman–Crippen MR) is 225 cm³/mol. The van der Waals surface area contributed by atoms with Crippen molar-refractivity contribution in [2.24, 2.45) is 0 Å². The quantitative estimate of drug-likeness (QED) is 0.178. The third kappa shape index (κ3) is 5.21. The van der Waals surface area contributed by atoms with E-state index in [2.05, 4.69) is 194 Å². The molecule has 1 unspecified atom stereocenters. The third-order valence-corrected chi connectivity index (χ3v) is 12.0. The van der Waals surface area contributed by atoms with Gasteiger partial charge in [0.1, 0.15) is 5.82 Å². The summed E-state index contributed by atoms with van der Waals surface area (Å²) in [5.41, 5.74) is 14.3. The summed E-state index contributed by atoms with van der Waals surface area (Å²) in [6.45, 7) is 9.31. The maximum absolute atomic E-state index is 5.24. The van der Waals surface area contributed by atoms with E-state index in [1.165, 1.54) is 50.7 Å². The first-order chi connectivity index (χ1) is 26.8. The largest absolute Gasteiger partial charge is 0.310 e. The Balaban J connectivity index is 1.02. The van der Waals surface area contributed by atoms with Gasteiger partial charge in [0.15, 0.2) is 5.82 Å². The molecule has 6 aromatic carbocycles. The van der Waals surface area contributed by atoms with Crippen LogP contribution >= 0.6 is 0 Å². The maximum atomic E-state index is 5.24. The Morgan fingerprint density at radius 1 is 0.509 bits per heavy atom. The fourth-order valence-corrected chi connectivity index (χ4v) is 9.07. The van der Waals surface area contributed by atoms with Crippen molar-refractivity contribution in [3.8, 4) is 17.1 Å². The number of anilines is 5. The van der Waals surface area contributed by atoms with Crippen molar-refractivity contribution in [1.29, 1.82) is 0 Å². The van der Waals surface area contributed by atoms with Gasteiger partial charge in [-0.15, -0.1) is 5.10 Å². The number of rotatable bonds is 5. The highest BCUT2D eigenvalue weighted by atomic mass is 15.4. The molecule has 0 bridgehead atoms. The summed E-state index contributed by atoms with van der Waals surface area (Å²) in [6, 6.07) is 54.3. The van der Waals surface area contributed by atoms with Crippen molar-refractivity contribution < 1.29 is 0 Å². The van der Waals surface area contributed by atoms with Crippen molar-refractivity contribution in [1.82, 2.24) is 14.8 Å². The van der Waals surface area contributed by atoms with Gasteiger partial charge in [0.2, 0.25) is 0 Å². The standard InChI is InChI=1S/C50H43N5/c1-49(2)39-18-8-12-22-43(39)53(44-23-13-9-19-40(44)49)36-28-26-35(27-29-36)48-51-47(34-16-6-5-7-17-34)52-55(48)38-32-30-37(31-33-38)54-45-24-14-10-20-41(45)50(3,4)42-21-11-15-25-46(42)54/h5-26,28-33,35H,27H2,1-4H3. The third-order valence-electron chi connectivity index (χ3n) is 12.0. The van der Waals surface area contributed by atoms with E-state index in [4.69, 9.17) is 10.1 Å². The highest BCUT2D eigenvalue weighted by Gasteiger charge is 2.38. The predicted octanol–water partition coefficient (Wildman–Crippen LogP) is 12.4. The zero-order valence-electron chi connectivity index (χ0n) is 31.7. The molecule has 3 aliphatic rings. The topological polar surface area (TPSA) is 37.2 Å². The van der Waals surface area contributed by atoms with Gasteiger partial charge in [-0.3, -0.25) is 0 Å². The summed E-state index contributed by atoms with van der Waals surface area (Å²) in [7, 11) is 0. The van der Waals surface area contributed by atoms with Crippen LogP contribution in [-0.4, -0.2) is 14.8 Å². The van der Waals surface area contributed by atoms with E-state index in [9.17, 15) is 0 Å². The molecular formula is C50H43N5. The molecule has 0 fully saturated rings. The summed E-state index contributed by atoms with van der Waals surface area (Å²) in [5, 5.41) is 5.17. The minimum Gasteiger partial charge on any atom is -0.310 e. The van der Waals surface area contributed by atoms with Crippen molar-refractivity contribution in [2.45, 2.75) is 50.9 Å². The van der Waals surface area contributed by atoms with E-state index in [1.807, 2.05) is 18.2 Å². The second-order valence-electron chi connectivity index (χ2n) is 15.9. The van der Waals surface area contributed by atoms with Gasteiger partial charge >= 0.3 is 0 Å². The van der Waals surface area contributed by atoms with E-state index in [1.54, 1.807) is 0 Å². The average molecular weight is 714 g/mol. The van der Waals surface area contributed by atoms with Crippen molar-refractivity contribution in [3.63, 3.8) is 0 Å². The van der Waals surface area contributed by atoms with E-state index < -0.39 is 0 Å². The molecule has 0 spiro atoms. The summed E-state index contributed by atoms with van der Waals surface area (Å²) < 4.78 is 2.05. The monoisotopic (exact) mass is 713 g/mol. The molecule has 0 saturated carbocycles. The molecule has 0 amide bonds. The van der Waals surface area contributed by atoms with Crippen molar-refractivity contribution in [3.05, 3.63) is 204 Å². The second-order valence-corrected chi connectivity index (χ2v) is 15.9. The van der Waals surface area contributed by atoms with E-state index in [0.29, 0.717) is 0 Å². The Kier molecular flexibility index (Phi) is 7.57. The summed E-state index contributed by atoms with van der Waals surface area (Å²) in [6.07, 6.45) is 7.76. The van der Waals surface area contributed by atoms with Gasteiger partial charge in [0, 0.05) is 33.7 Å². The number of hydrogen-bond donors (Lipinski definition) is 0. The van der Waals surface area contributed by atoms with Crippen LogP contribution in [-0.2, 0) is 10.8 Å². The second kappa shape index (κ2) is 12.6. The molecular weight excluding hydrogens is 671 g/mol. The SMILES string of the molecule is CC1(C)c2ccccc2N(C2=CCC(c3nc(-c4ccccc4)nn3-c3ccc(N4c5ccccc5C(C)(C)c5ccccc54)cc3)C=C2)c2ccccc21. The van der Waals surface area contributed by atoms with Gasteiger partial charge in [0.05, 0.1) is 28.4 Å². The molecule has 1 aliphatic carbocycles. The molecule has 1 atom stereocenters. The van der Waals surface area contributed by atoms with E-state index in [-0.39, 0.29) is 16.7 Å². The summed E-state index contributed by atoms with van der Waals surface area (Å²) >= 11 is 0. The Hall–Kier alpha value is -6.46. The van der Waals surface area contributed by atoms with Gasteiger partial charge in [-0.25, -0.2) is 9.67 Å². The Morgan fingerprint density at radius 2 is 0.964 bits per heavy atom. The smallest absolute Gasteiger partial charge is 0.181 e. The molecule has 5 heteroatoms. The lowest BCUT2D eigenvalue weighted by Gasteiger charge is -2.42. The van der Waals surface area contributed by atoms with Crippen molar-refractivity contribution >= 4 is 28.4 Å². The highest BCUT2D eigenvalue weighted by Crippen LogP contribution is 2.53. The van der Waals surface area contributed by atoms with Gasteiger partial charge in [-0.05, 0) is 83.3 Å². The molecule has 0 saturated heterocycles. The lowest BCUT2D eigenvalue weighted by molar-refractivity contribution is 0.629. The average Bonchev–Trinajstić information content (AvgIpc) is 3.68. The lowest BCUT2D eigenvalue weighted by Crippen LogP contribution is -2.32. The molecule has 55 heavy (non-hydrogen) atoms. The Bertz CT molecular complexity index is 2540. The molecule has 268 valence electrons. The Labute approximate surface area is 323 Å². The van der Waals surface area contributed by atoms with Crippen LogP contribution in [0.4, 0.5) is 28.4 Å². The van der Waals surface area contributed by atoms with Crippen LogP contribution < -0.4 is 9.80 Å². The first-order valence-electron chi connectivity index (χ1n) is 19.3. The summed E-state index contributed by atoms with van der Waals surface area (Å²) in [4.78, 5) is 10.1. The van der Waals surface area contributed by atoms with Gasteiger partial charge in [-0.2, -0.15) is 0 Å². The molecule has 3 heterocycles. The van der Waals surface area contributed by atoms with Crippen LogP contribution in [0.25, 0.3) is 17.1 Å². The number of hydrogen-bond acceptors (Lipinski definition) is 4. The fourth-order valence-electron chi connectivity index (χ4n) is 9.07. The minimum atomic E-state index is -0.105. The van der Waals surface area contributed by atoms with Crippen LogP contribution in [0.2, 0.25) is 0 Å². The number of fused-ring (bicyclic) bond motifs is 4. The number of allylic oxidation sites excluding steroid dienone is 3. The number of benzene rings is 6. The first kappa shape index (κ1) is 33.1. The molecule has 7 aromatic rings. The molecule has 0 radical (unpaired) electrons. The van der Waals surface area contributed by atoms with Crippen LogP contribution in [0.5, 0.6) is 0 Å². The van der Waals surface area contributed by atoms with Crippen molar-refractivity contribution in [2.75, 3.05) is 9.80 Å². The van der Waals surface area contributed by atoms with Gasteiger partial charge in [0.25, 0.3) is 0 Å². The van der Waals surface area contributed by atoms with Gasteiger partial charge < -0.3 is 9.80 Å². The van der Waals surface area contributed by atoms with Crippen LogP contribution in [0.1, 0.15) is 68.1 Å². The maximum Gasteiger partial charge on any atom is 0.181 e. The number of aromatic nitrogens is 3. The van der Waals surface area contributed by atoms with E-state index >= 15 is 0 Å². The highest BCUT2D eigenvalue weighted by molar-refractivity contribution is 5.86. The molecule has 5 nitrogen and oxygen atoms in total. The zero-order valence-corrected chi connectivity index (χ0v) is 31.7. The zero-order chi connectivity index (χ0) is 37.3.